The lowest BCUT2D eigenvalue weighted by Crippen LogP contribution is -2.57. The third-order valence-electron chi connectivity index (χ3n) is 3.13. The predicted molar refractivity (Wildman–Crippen MR) is 72.0 cm³/mol. The number of anilines is 1. The first-order valence-corrected chi connectivity index (χ1v) is 6.45. The minimum Gasteiger partial charge on any atom is -0.375 e. The smallest absolute Gasteiger partial charge is 0.248 e. The molecule has 0 aromatic carbocycles. The number of aromatic nitrogens is 2. The Kier molecular flexibility index (Phi) is 4.31. The average Bonchev–Trinajstić information content (AvgIpc) is 2.33. The monoisotopic (exact) mass is 264 g/mol. The van der Waals surface area contributed by atoms with Gasteiger partial charge in [-0.25, -0.2) is 9.97 Å². The molecule has 0 saturated carbocycles. The normalized spacial score (nSPS) is 15.5. The molecule has 1 aromatic rings. The lowest BCUT2D eigenvalue weighted by molar-refractivity contribution is -0.139. The minimum atomic E-state index is 0.0334. The predicted octanol–water partition coefficient (Wildman–Crippen LogP) is 0.869. The average molecular weight is 264 g/mol. The Morgan fingerprint density at radius 2 is 2.26 bits per heavy atom. The highest BCUT2D eigenvalue weighted by Gasteiger charge is 2.30. The molecule has 1 N–H and O–H groups in total. The van der Waals surface area contributed by atoms with Gasteiger partial charge in [0.25, 0.3) is 0 Å². The molecule has 0 bridgehead atoms. The molecule has 0 radical (unpaired) electrons. The van der Waals surface area contributed by atoms with Crippen LogP contribution in [-0.2, 0) is 9.53 Å². The molecular weight excluding hydrogens is 244 g/mol. The molecule has 0 aliphatic carbocycles. The van der Waals surface area contributed by atoms with Gasteiger partial charge in [0.05, 0.1) is 6.04 Å². The van der Waals surface area contributed by atoms with Crippen LogP contribution >= 0.6 is 0 Å². The van der Waals surface area contributed by atoms with E-state index in [1.165, 1.54) is 7.11 Å². The number of carbonyl (C=O) groups excluding carboxylic acids is 1. The van der Waals surface area contributed by atoms with E-state index in [0.29, 0.717) is 19.0 Å². The van der Waals surface area contributed by atoms with Gasteiger partial charge in [-0.05, 0) is 5.92 Å². The van der Waals surface area contributed by atoms with E-state index >= 15 is 0 Å². The van der Waals surface area contributed by atoms with Crippen LogP contribution in [0.3, 0.4) is 0 Å². The van der Waals surface area contributed by atoms with Gasteiger partial charge in [0, 0.05) is 32.0 Å². The van der Waals surface area contributed by atoms with Crippen LogP contribution in [0, 0.1) is 0 Å². The molecule has 6 nitrogen and oxygen atoms in total. The largest absolute Gasteiger partial charge is 0.375 e. The van der Waals surface area contributed by atoms with E-state index in [9.17, 15) is 4.79 Å². The molecule has 1 aliphatic rings. The van der Waals surface area contributed by atoms with Crippen LogP contribution in [0.15, 0.2) is 12.4 Å². The number of hydrogen-bond donors (Lipinski definition) is 1. The number of nitrogens with one attached hydrogen (secondary N) is 1. The van der Waals surface area contributed by atoms with E-state index in [1.54, 1.807) is 11.2 Å². The molecule has 0 spiro atoms. The highest BCUT2D eigenvalue weighted by atomic mass is 16.5. The Morgan fingerprint density at radius 1 is 1.53 bits per heavy atom. The van der Waals surface area contributed by atoms with Gasteiger partial charge in [0.2, 0.25) is 5.91 Å². The van der Waals surface area contributed by atoms with Crippen LogP contribution in [0.5, 0.6) is 0 Å². The minimum absolute atomic E-state index is 0.0334. The van der Waals surface area contributed by atoms with E-state index in [0.717, 1.165) is 11.5 Å². The summed E-state index contributed by atoms with van der Waals surface area (Å²) >= 11 is 0. The summed E-state index contributed by atoms with van der Waals surface area (Å²) in [6.07, 6.45) is 1.57. The molecule has 6 heteroatoms. The molecule has 1 amide bonds. The van der Waals surface area contributed by atoms with Crippen LogP contribution in [0.25, 0.3) is 0 Å². The zero-order valence-corrected chi connectivity index (χ0v) is 11.6. The summed E-state index contributed by atoms with van der Waals surface area (Å²) in [5.74, 6) is 1.23. The van der Waals surface area contributed by atoms with Gasteiger partial charge < -0.3 is 15.0 Å². The van der Waals surface area contributed by atoms with Crippen molar-refractivity contribution in [1.82, 2.24) is 14.9 Å². The topological polar surface area (TPSA) is 67.3 Å². The highest BCUT2D eigenvalue weighted by molar-refractivity contribution is 5.78. The van der Waals surface area contributed by atoms with Crippen molar-refractivity contribution >= 4 is 11.7 Å². The van der Waals surface area contributed by atoms with Gasteiger partial charge in [-0.3, -0.25) is 4.79 Å². The van der Waals surface area contributed by atoms with Crippen molar-refractivity contribution in [3.8, 4) is 0 Å². The molecule has 2 heterocycles. The van der Waals surface area contributed by atoms with Gasteiger partial charge in [0.15, 0.2) is 0 Å². The quantitative estimate of drug-likeness (QED) is 0.854. The van der Waals surface area contributed by atoms with Crippen molar-refractivity contribution in [1.29, 1.82) is 0 Å². The Hall–Kier alpha value is -1.69. The standard InChI is InChI=1S/C13H20N4O2/c1-9(2)11-4-12(15-8-14-11)16-10-5-17(6-10)13(18)7-19-3/h4,8-10H,5-7H2,1-3H3,(H,14,15,16). The molecule has 1 fully saturated rings. The van der Waals surface area contributed by atoms with E-state index in [1.807, 2.05) is 6.07 Å². The van der Waals surface area contributed by atoms with E-state index in [-0.39, 0.29) is 18.6 Å². The van der Waals surface area contributed by atoms with E-state index in [4.69, 9.17) is 4.74 Å². The third kappa shape index (κ3) is 3.41. The summed E-state index contributed by atoms with van der Waals surface area (Å²) in [7, 11) is 1.53. The van der Waals surface area contributed by atoms with Gasteiger partial charge >= 0.3 is 0 Å². The first kappa shape index (κ1) is 13.7. The van der Waals surface area contributed by atoms with Crippen LogP contribution in [-0.4, -0.2) is 53.6 Å². The molecule has 104 valence electrons. The maximum absolute atomic E-state index is 11.5. The summed E-state index contributed by atoms with van der Waals surface area (Å²) in [5.41, 5.74) is 1.02. The summed E-state index contributed by atoms with van der Waals surface area (Å²) in [5, 5.41) is 3.31. The van der Waals surface area contributed by atoms with Gasteiger partial charge in [-0.2, -0.15) is 0 Å². The molecule has 0 atom stereocenters. The number of nitrogens with zero attached hydrogens (tertiary/aromatic N) is 3. The molecule has 19 heavy (non-hydrogen) atoms. The fourth-order valence-corrected chi connectivity index (χ4v) is 1.96. The van der Waals surface area contributed by atoms with E-state index < -0.39 is 0 Å². The summed E-state index contributed by atoms with van der Waals surface area (Å²) in [6.45, 7) is 5.74. The van der Waals surface area contributed by atoms with Crippen LogP contribution < -0.4 is 5.32 Å². The number of hydrogen-bond acceptors (Lipinski definition) is 5. The second-order valence-corrected chi connectivity index (χ2v) is 5.06. The Labute approximate surface area is 113 Å². The number of carbonyl (C=O) groups is 1. The first-order valence-electron chi connectivity index (χ1n) is 6.45. The Bertz CT molecular complexity index is 444. The van der Waals surface area contributed by atoms with Crippen molar-refractivity contribution in [2.75, 3.05) is 32.1 Å². The second-order valence-electron chi connectivity index (χ2n) is 5.06. The molecule has 1 aromatic heterocycles. The number of amides is 1. The van der Waals surface area contributed by atoms with Gasteiger partial charge in [-0.1, -0.05) is 13.8 Å². The summed E-state index contributed by atoms with van der Waals surface area (Å²) < 4.78 is 4.82. The van der Waals surface area contributed by atoms with Crippen LogP contribution in [0.2, 0.25) is 0 Å². The van der Waals surface area contributed by atoms with Crippen molar-refractivity contribution in [2.24, 2.45) is 0 Å². The van der Waals surface area contributed by atoms with Gasteiger partial charge in [0.1, 0.15) is 18.8 Å². The summed E-state index contributed by atoms with van der Waals surface area (Å²) in [6, 6.07) is 2.22. The molecular formula is C13H20N4O2. The number of likely N-dealkylation sites (tertiary alicyclic amines) is 1. The molecule has 1 aliphatic heterocycles. The first-order chi connectivity index (χ1) is 9.10. The van der Waals surface area contributed by atoms with Crippen LogP contribution in [0.1, 0.15) is 25.5 Å². The molecule has 2 rings (SSSR count). The number of ether oxygens (including phenoxy) is 1. The van der Waals surface area contributed by atoms with Crippen molar-refractivity contribution in [3.63, 3.8) is 0 Å². The van der Waals surface area contributed by atoms with Crippen molar-refractivity contribution < 1.29 is 9.53 Å². The lowest BCUT2D eigenvalue weighted by atomic mass is 10.1. The van der Waals surface area contributed by atoms with Gasteiger partial charge in [-0.15, -0.1) is 0 Å². The SMILES string of the molecule is COCC(=O)N1CC(Nc2cc(C(C)C)ncn2)C1. The zero-order valence-electron chi connectivity index (χ0n) is 11.6. The summed E-state index contributed by atoms with van der Waals surface area (Å²) in [4.78, 5) is 21.7. The third-order valence-corrected chi connectivity index (χ3v) is 3.13. The maximum Gasteiger partial charge on any atom is 0.248 e. The molecule has 0 unspecified atom stereocenters. The second kappa shape index (κ2) is 5.97. The molecule has 1 saturated heterocycles. The van der Waals surface area contributed by atoms with E-state index in [2.05, 4.69) is 29.1 Å². The Balaban J connectivity index is 1.84. The fourth-order valence-electron chi connectivity index (χ4n) is 1.96. The highest BCUT2D eigenvalue weighted by Crippen LogP contribution is 2.17. The van der Waals surface area contributed by atoms with Crippen molar-refractivity contribution in [2.45, 2.75) is 25.8 Å². The number of methoxy groups -OCH3 is 1. The Morgan fingerprint density at radius 3 is 2.89 bits per heavy atom. The van der Waals surface area contributed by atoms with Crippen molar-refractivity contribution in [3.05, 3.63) is 18.1 Å². The fraction of sp³-hybridized carbons (Fsp3) is 0.615. The van der Waals surface area contributed by atoms with Crippen LogP contribution in [0.4, 0.5) is 5.82 Å². The maximum atomic E-state index is 11.5. The zero-order chi connectivity index (χ0) is 13.8. The number of rotatable bonds is 5. The lowest BCUT2D eigenvalue weighted by Gasteiger charge is -2.39.